The number of anilines is 4. The van der Waals surface area contributed by atoms with Crippen LogP contribution in [0.15, 0.2) is 219 Å². The smallest absolute Gasteiger partial charge is 0.179 e. The molecule has 0 saturated heterocycles. The molecule has 0 fully saturated rings. The van der Waals surface area contributed by atoms with E-state index in [0.29, 0.717) is 17.1 Å². The van der Waals surface area contributed by atoms with Crippen molar-refractivity contribution in [2.24, 2.45) is 0 Å². The van der Waals surface area contributed by atoms with Gasteiger partial charge >= 0.3 is 0 Å². The molecule has 0 unspecified atom stereocenters. The molecule has 0 spiro atoms. The quantitative estimate of drug-likeness (QED) is 0.0776. The Kier molecular flexibility index (Phi) is 14.4. The molecule has 12 rings (SSSR count). The second-order valence-corrected chi connectivity index (χ2v) is 28.0. The molecule has 0 amide bonds. The number of hydrogen-bond acceptors (Lipinski definition) is 5. The third-order valence-electron chi connectivity index (χ3n) is 15.8. The number of hydrogen-bond donors (Lipinski definition) is 0. The average Bonchev–Trinajstić information content (AvgIpc) is 3.66. The maximum atomic E-state index is 9.94. The van der Waals surface area contributed by atoms with Crippen molar-refractivity contribution in [3.8, 4) is 34.5 Å². The fraction of sp³-hybridized carbons (Fsp3) is 0.164. The predicted octanol–water partition coefficient (Wildman–Crippen LogP) is 15.8. The number of fused-ring (bicyclic) bond motifs is 4. The van der Waals surface area contributed by atoms with Gasteiger partial charge in [-0.15, -0.1) is 48.1 Å². The number of aromatic nitrogens is 2. The number of pyridine rings is 1. The van der Waals surface area contributed by atoms with Crippen molar-refractivity contribution in [3.63, 3.8) is 0 Å². The van der Waals surface area contributed by atoms with E-state index in [1.165, 1.54) is 37.4 Å². The van der Waals surface area contributed by atoms with Crippen LogP contribution in [-0.4, -0.2) is 17.6 Å². The molecule has 2 aromatic heterocycles. The average molecular weight is 1250 g/mol. The van der Waals surface area contributed by atoms with Crippen LogP contribution in [0.1, 0.15) is 84.6 Å². The van der Waals surface area contributed by atoms with Gasteiger partial charge in [0.25, 0.3) is 0 Å². The minimum absolute atomic E-state index is 0. The molecule has 1 aliphatic rings. The van der Waals surface area contributed by atoms with Gasteiger partial charge in [0.1, 0.15) is 5.82 Å². The molecule has 81 heavy (non-hydrogen) atoms. The van der Waals surface area contributed by atoms with Crippen LogP contribution in [0.5, 0.6) is 11.5 Å². The van der Waals surface area contributed by atoms with Gasteiger partial charge in [0.05, 0.1) is 11.6 Å². The molecule has 404 valence electrons. The third kappa shape index (κ3) is 10.1. The van der Waals surface area contributed by atoms with Crippen LogP contribution >= 0.6 is 0 Å². The van der Waals surface area contributed by atoms with Crippen LogP contribution in [0.4, 0.5) is 22.7 Å². The maximum Gasteiger partial charge on any atom is 0.179 e. The van der Waals surface area contributed by atoms with E-state index in [1.807, 2.05) is 42.6 Å². The van der Waals surface area contributed by atoms with E-state index in [4.69, 9.17) is 9.72 Å². The van der Waals surface area contributed by atoms with Crippen LogP contribution in [0, 0.1) is 30.1 Å². The summed E-state index contributed by atoms with van der Waals surface area (Å²) in [5.41, 5.74) is 12.0. The van der Waals surface area contributed by atoms with Gasteiger partial charge in [-0.1, -0.05) is 201 Å². The molecular formula is C73H64N5OPtSi-3. The minimum atomic E-state index is -2.86. The van der Waals surface area contributed by atoms with Gasteiger partial charge in [-0.3, -0.25) is 0 Å². The Morgan fingerprint density at radius 1 is 0.519 bits per heavy atom. The van der Waals surface area contributed by atoms with E-state index in [0.717, 1.165) is 61.5 Å². The number of benzene rings is 9. The van der Waals surface area contributed by atoms with Crippen molar-refractivity contribution < 1.29 is 25.8 Å². The van der Waals surface area contributed by atoms with Gasteiger partial charge in [-0.05, 0) is 113 Å². The molecule has 0 bridgehead atoms. The Balaban J connectivity index is 0.00000690. The van der Waals surface area contributed by atoms with E-state index in [2.05, 4.69) is 277 Å². The Morgan fingerprint density at radius 3 is 1.73 bits per heavy atom. The van der Waals surface area contributed by atoms with Crippen LogP contribution in [0.25, 0.3) is 38.8 Å². The monoisotopic (exact) mass is 1250 g/mol. The first kappa shape index (κ1) is 54.7. The molecule has 8 heteroatoms. The van der Waals surface area contributed by atoms with Crippen molar-refractivity contribution >= 4 is 73.4 Å². The maximum absolute atomic E-state index is 9.94. The number of rotatable bonds is 10. The Labute approximate surface area is 493 Å². The van der Waals surface area contributed by atoms with Crippen molar-refractivity contribution in [2.45, 2.75) is 78.6 Å². The number of ether oxygens (including phenoxy) is 1. The molecule has 0 aliphatic carbocycles. The van der Waals surface area contributed by atoms with Crippen LogP contribution in [-0.2, 0) is 37.3 Å². The summed E-state index contributed by atoms with van der Waals surface area (Å²) in [6, 6.07) is 86.3. The number of nitrogens with zero attached hydrogens (tertiary/aromatic N) is 5. The number of nitriles is 1. The summed E-state index contributed by atoms with van der Waals surface area (Å²) in [4.78, 5) is 9.52. The summed E-state index contributed by atoms with van der Waals surface area (Å²) in [6.07, 6.45) is 1.87. The first-order valence-electron chi connectivity index (χ1n) is 27.6. The second-order valence-electron chi connectivity index (χ2n) is 24.1. The van der Waals surface area contributed by atoms with Gasteiger partial charge in [0, 0.05) is 66.9 Å². The first-order valence-corrected chi connectivity index (χ1v) is 29.6. The molecule has 0 saturated carbocycles. The first-order chi connectivity index (χ1) is 38.5. The zero-order valence-electron chi connectivity index (χ0n) is 47.3. The van der Waals surface area contributed by atoms with E-state index in [9.17, 15) is 5.26 Å². The molecule has 9 aromatic carbocycles. The van der Waals surface area contributed by atoms with Gasteiger partial charge in [-0.2, -0.15) is 17.4 Å². The second kappa shape index (κ2) is 21.3. The van der Waals surface area contributed by atoms with Gasteiger partial charge < -0.3 is 19.1 Å². The van der Waals surface area contributed by atoms with Crippen molar-refractivity contribution in [2.75, 3.05) is 9.80 Å². The Morgan fingerprint density at radius 2 is 1.11 bits per heavy atom. The van der Waals surface area contributed by atoms with Crippen LogP contribution in [0.2, 0.25) is 0 Å². The topological polar surface area (TPSA) is 57.3 Å². The molecule has 0 radical (unpaired) electrons. The van der Waals surface area contributed by atoms with Gasteiger partial charge in [-0.25, -0.2) is 4.98 Å². The minimum Gasteiger partial charge on any atom is -0.509 e. The fourth-order valence-electron chi connectivity index (χ4n) is 11.5. The van der Waals surface area contributed by atoms with E-state index >= 15 is 0 Å². The molecular weight excluding hydrogens is 1190 g/mol. The molecule has 11 aromatic rings. The van der Waals surface area contributed by atoms with Crippen LogP contribution < -0.4 is 35.3 Å². The van der Waals surface area contributed by atoms with Crippen molar-refractivity contribution in [1.29, 1.82) is 5.26 Å². The van der Waals surface area contributed by atoms with Crippen LogP contribution in [0.3, 0.4) is 0 Å². The standard InChI is InChI=1S/C73H64N5OSi.Pt/c1-71(2,3)52-38-39-75-69(45-52)78-66-37-34-50(48-74)40-65(66)64-36-35-58(47-68(64)78)79-57-24-20-23-55(46-57)76-49-77(56-43-53(72(4,5)6)42-54(44-56)73(7,8)9)70-63(32-21-33-67(70)76)51-22-19-31-62(41-51)80(59-25-13-10-14-26-59,60-27-15-11-16-28-60)61-29-17-12-18-30-61;/h10-45,49H,1-9H3;/q-3;. The Hall–Kier alpha value is -8.27. The van der Waals surface area contributed by atoms with Crippen molar-refractivity contribution in [3.05, 3.63) is 260 Å². The van der Waals surface area contributed by atoms with Crippen molar-refractivity contribution in [1.82, 2.24) is 9.55 Å². The zero-order chi connectivity index (χ0) is 55.6. The van der Waals surface area contributed by atoms with E-state index in [1.54, 1.807) is 0 Å². The summed E-state index contributed by atoms with van der Waals surface area (Å²) in [7, 11) is -2.86. The summed E-state index contributed by atoms with van der Waals surface area (Å²) in [5.74, 6) is 1.86. The molecule has 0 N–H and O–H groups in total. The molecule has 0 atom stereocenters. The predicted molar refractivity (Wildman–Crippen MR) is 334 cm³/mol. The Bertz CT molecular complexity index is 4040. The van der Waals surface area contributed by atoms with E-state index < -0.39 is 8.07 Å². The van der Waals surface area contributed by atoms with Gasteiger partial charge in [0.2, 0.25) is 0 Å². The third-order valence-corrected chi connectivity index (χ3v) is 20.5. The fourth-order valence-corrected chi connectivity index (χ4v) is 16.3. The van der Waals surface area contributed by atoms with Gasteiger partial charge in [0.15, 0.2) is 8.07 Å². The summed E-state index contributed by atoms with van der Waals surface area (Å²) in [5, 5.41) is 17.1. The number of para-hydroxylation sites is 1. The normalized spacial score (nSPS) is 12.8. The summed E-state index contributed by atoms with van der Waals surface area (Å²) >= 11 is 0. The zero-order valence-corrected chi connectivity index (χ0v) is 50.6. The molecule has 3 heterocycles. The van der Waals surface area contributed by atoms with E-state index in [-0.39, 0.29) is 37.3 Å². The summed E-state index contributed by atoms with van der Waals surface area (Å²) in [6.45, 7) is 22.6. The SMILES string of the molecule is CC(C)(C)c1cc(N2[CH-]N(c3[c-]c(Oc4[c-]c5c(cc4)c4cc(C#N)ccc4n5-c4cc(C(C)(C)C)ccn4)ccc3)c3cccc(-c4cccc([Si](c5ccccc5)(c5ccccc5)c5ccccc5)c4)c32)cc(C(C)(C)C)c1.[Pt]. The molecule has 1 aliphatic heterocycles. The largest absolute Gasteiger partial charge is 0.509 e. The summed E-state index contributed by atoms with van der Waals surface area (Å²) < 4.78 is 8.93. The molecule has 6 nitrogen and oxygen atoms in total.